The number of hydrogen-bond donors (Lipinski definition) is 1. The molecule has 5 heteroatoms. The number of hydrogen-bond acceptors (Lipinski definition) is 5. The molecule has 0 saturated carbocycles. The van der Waals surface area contributed by atoms with Gasteiger partial charge in [-0.3, -0.25) is 0 Å². The van der Waals surface area contributed by atoms with Gasteiger partial charge in [0.25, 0.3) is 0 Å². The zero-order chi connectivity index (χ0) is 15.5. The van der Waals surface area contributed by atoms with Gasteiger partial charge in [0.2, 0.25) is 5.88 Å². The van der Waals surface area contributed by atoms with E-state index in [-0.39, 0.29) is 0 Å². The molecular formula is C16H28N2O3. The van der Waals surface area contributed by atoms with E-state index in [1.54, 1.807) is 7.11 Å². The largest absolute Gasteiger partial charge is 0.477 e. The van der Waals surface area contributed by atoms with Gasteiger partial charge < -0.3 is 19.5 Å². The van der Waals surface area contributed by atoms with Crippen LogP contribution in [0.5, 0.6) is 5.88 Å². The van der Waals surface area contributed by atoms with Crippen molar-refractivity contribution in [2.45, 2.75) is 33.7 Å². The Bertz CT molecular complexity index is 411. The van der Waals surface area contributed by atoms with Crippen molar-refractivity contribution >= 4 is 0 Å². The minimum atomic E-state index is 0.613. The quantitative estimate of drug-likeness (QED) is 0.635. The Labute approximate surface area is 128 Å². The van der Waals surface area contributed by atoms with Crippen molar-refractivity contribution in [2.24, 2.45) is 0 Å². The van der Waals surface area contributed by atoms with Crippen LogP contribution in [0.15, 0.2) is 6.07 Å². The van der Waals surface area contributed by atoms with E-state index in [1.807, 2.05) is 6.92 Å². The molecule has 0 bridgehead atoms. The molecule has 1 aromatic heterocycles. The number of ether oxygens (including phenoxy) is 3. The van der Waals surface area contributed by atoms with Crippen LogP contribution in [-0.4, -0.2) is 45.1 Å². The van der Waals surface area contributed by atoms with Crippen molar-refractivity contribution in [1.29, 1.82) is 0 Å². The molecule has 1 N–H and O–H groups in total. The molecule has 120 valence electrons. The maximum absolute atomic E-state index is 5.84. The van der Waals surface area contributed by atoms with Crippen molar-refractivity contribution in [3.8, 4) is 5.88 Å². The average Bonchev–Trinajstić information content (AvgIpc) is 2.45. The highest BCUT2D eigenvalue weighted by atomic mass is 16.5. The molecule has 0 atom stereocenters. The van der Waals surface area contributed by atoms with Crippen LogP contribution >= 0.6 is 0 Å². The number of rotatable bonds is 11. The third-order valence-electron chi connectivity index (χ3n) is 3.09. The molecule has 1 rings (SSSR count). The molecule has 21 heavy (non-hydrogen) atoms. The first kappa shape index (κ1) is 17.9. The standard InChI is InChI=1S/C16H28N2O3/c1-5-17-12-15-13(2)11-14(3)18-16(15)21-8-6-7-20-10-9-19-4/h11,17H,5-10,12H2,1-4H3. The summed E-state index contributed by atoms with van der Waals surface area (Å²) in [6.45, 7) is 10.5. The van der Waals surface area contributed by atoms with E-state index in [4.69, 9.17) is 14.2 Å². The van der Waals surface area contributed by atoms with E-state index in [1.165, 1.54) is 5.56 Å². The highest BCUT2D eigenvalue weighted by molar-refractivity contribution is 5.35. The normalized spacial score (nSPS) is 10.9. The molecule has 0 unspecified atom stereocenters. The van der Waals surface area contributed by atoms with Crippen molar-refractivity contribution in [2.75, 3.05) is 40.1 Å². The van der Waals surface area contributed by atoms with Crippen molar-refractivity contribution in [1.82, 2.24) is 10.3 Å². The van der Waals surface area contributed by atoms with Crippen LogP contribution in [0.1, 0.15) is 30.2 Å². The molecule has 1 aromatic rings. The number of aromatic nitrogens is 1. The van der Waals surface area contributed by atoms with Crippen LogP contribution in [0.25, 0.3) is 0 Å². The minimum absolute atomic E-state index is 0.613. The predicted molar refractivity (Wildman–Crippen MR) is 83.9 cm³/mol. The van der Waals surface area contributed by atoms with Crippen molar-refractivity contribution in [3.63, 3.8) is 0 Å². The lowest BCUT2D eigenvalue weighted by atomic mass is 10.1. The lowest BCUT2D eigenvalue weighted by Gasteiger charge is -2.14. The highest BCUT2D eigenvalue weighted by Crippen LogP contribution is 2.21. The fourth-order valence-corrected chi connectivity index (χ4v) is 1.99. The van der Waals surface area contributed by atoms with E-state index in [0.717, 1.165) is 36.6 Å². The number of nitrogens with one attached hydrogen (secondary N) is 1. The third-order valence-corrected chi connectivity index (χ3v) is 3.09. The summed E-state index contributed by atoms with van der Waals surface area (Å²) in [7, 11) is 1.67. The average molecular weight is 296 g/mol. The van der Waals surface area contributed by atoms with Crippen LogP contribution in [0, 0.1) is 13.8 Å². The lowest BCUT2D eigenvalue weighted by molar-refractivity contribution is 0.0641. The second-order valence-electron chi connectivity index (χ2n) is 4.95. The molecule has 0 radical (unpaired) electrons. The summed E-state index contributed by atoms with van der Waals surface area (Å²) in [5, 5.41) is 3.33. The molecule has 0 amide bonds. The highest BCUT2D eigenvalue weighted by Gasteiger charge is 2.09. The number of nitrogens with zero attached hydrogens (tertiary/aromatic N) is 1. The van der Waals surface area contributed by atoms with Gasteiger partial charge in [0.05, 0.1) is 19.8 Å². The first-order valence-electron chi connectivity index (χ1n) is 7.56. The van der Waals surface area contributed by atoms with Gasteiger partial charge in [-0.05, 0) is 32.0 Å². The zero-order valence-corrected chi connectivity index (χ0v) is 13.7. The van der Waals surface area contributed by atoms with Crippen LogP contribution < -0.4 is 10.1 Å². The van der Waals surface area contributed by atoms with Gasteiger partial charge >= 0.3 is 0 Å². The first-order valence-corrected chi connectivity index (χ1v) is 7.56. The Balaban J connectivity index is 2.45. The first-order chi connectivity index (χ1) is 10.2. The van der Waals surface area contributed by atoms with Crippen LogP contribution in [-0.2, 0) is 16.0 Å². The van der Waals surface area contributed by atoms with Crippen molar-refractivity contribution in [3.05, 3.63) is 22.9 Å². The van der Waals surface area contributed by atoms with Gasteiger partial charge in [-0.1, -0.05) is 6.92 Å². The van der Waals surface area contributed by atoms with Crippen molar-refractivity contribution < 1.29 is 14.2 Å². The SMILES string of the molecule is CCNCc1c(C)cc(C)nc1OCCCOCCOC. The molecule has 0 aromatic carbocycles. The monoisotopic (exact) mass is 296 g/mol. The minimum Gasteiger partial charge on any atom is -0.477 e. The van der Waals surface area contributed by atoms with E-state index in [2.05, 4.69) is 30.2 Å². The topological polar surface area (TPSA) is 52.6 Å². The van der Waals surface area contributed by atoms with E-state index >= 15 is 0 Å². The second-order valence-corrected chi connectivity index (χ2v) is 4.95. The van der Waals surface area contributed by atoms with E-state index < -0.39 is 0 Å². The summed E-state index contributed by atoms with van der Waals surface area (Å²) in [6.07, 6.45) is 0.846. The van der Waals surface area contributed by atoms with Crippen LogP contribution in [0.4, 0.5) is 0 Å². The summed E-state index contributed by atoms with van der Waals surface area (Å²) in [5.41, 5.74) is 3.34. The fraction of sp³-hybridized carbons (Fsp3) is 0.688. The molecular weight excluding hydrogens is 268 g/mol. The number of methoxy groups -OCH3 is 1. The molecule has 1 heterocycles. The summed E-state index contributed by atoms with van der Waals surface area (Å²) in [5.74, 6) is 0.741. The van der Waals surface area contributed by atoms with Gasteiger partial charge in [-0.2, -0.15) is 0 Å². The Morgan fingerprint density at radius 2 is 1.95 bits per heavy atom. The summed E-state index contributed by atoms with van der Waals surface area (Å²) in [6, 6.07) is 2.09. The van der Waals surface area contributed by atoms with Gasteiger partial charge in [-0.25, -0.2) is 4.98 Å². The molecule has 0 aliphatic heterocycles. The Kier molecular flexibility index (Phi) is 8.98. The smallest absolute Gasteiger partial charge is 0.218 e. The molecule has 0 aliphatic carbocycles. The lowest BCUT2D eigenvalue weighted by Crippen LogP contribution is -2.16. The summed E-state index contributed by atoms with van der Waals surface area (Å²) >= 11 is 0. The Morgan fingerprint density at radius 1 is 1.14 bits per heavy atom. The predicted octanol–water partition coefficient (Wildman–Crippen LogP) is 2.24. The van der Waals surface area contributed by atoms with Gasteiger partial charge in [0, 0.05) is 37.9 Å². The molecule has 0 aliphatic rings. The third kappa shape index (κ3) is 6.89. The summed E-state index contributed by atoms with van der Waals surface area (Å²) in [4.78, 5) is 4.51. The van der Waals surface area contributed by atoms with E-state index in [9.17, 15) is 0 Å². The number of aryl methyl sites for hydroxylation is 2. The van der Waals surface area contributed by atoms with Gasteiger partial charge in [0.1, 0.15) is 0 Å². The molecule has 0 spiro atoms. The second kappa shape index (κ2) is 10.5. The van der Waals surface area contributed by atoms with Crippen LogP contribution in [0.3, 0.4) is 0 Å². The van der Waals surface area contributed by atoms with Gasteiger partial charge in [-0.15, -0.1) is 0 Å². The molecule has 0 fully saturated rings. The van der Waals surface area contributed by atoms with Crippen LogP contribution in [0.2, 0.25) is 0 Å². The van der Waals surface area contributed by atoms with E-state index in [0.29, 0.717) is 26.4 Å². The maximum Gasteiger partial charge on any atom is 0.218 e. The Morgan fingerprint density at radius 3 is 2.67 bits per heavy atom. The maximum atomic E-state index is 5.84. The molecule has 0 saturated heterocycles. The Hall–Kier alpha value is -1.17. The molecule has 5 nitrogen and oxygen atoms in total. The number of pyridine rings is 1. The zero-order valence-electron chi connectivity index (χ0n) is 13.7. The fourth-order valence-electron chi connectivity index (χ4n) is 1.99. The van der Waals surface area contributed by atoms with Gasteiger partial charge in [0.15, 0.2) is 0 Å². The summed E-state index contributed by atoms with van der Waals surface area (Å²) < 4.78 is 16.2.